The fourth-order valence-electron chi connectivity index (χ4n) is 4.67. The third-order valence-corrected chi connectivity index (χ3v) is 6.32. The van der Waals surface area contributed by atoms with Crippen LogP contribution in [0.3, 0.4) is 0 Å². The lowest BCUT2D eigenvalue weighted by Gasteiger charge is -2.25. The summed E-state index contributed by atoms with van der Waals surface area (Å²) in [4.78, 5) is 52.0. The van der Waals surface area contributed by atoms with Crippen LogP contribution in [0, 0.1) is 17.8 Å². The molecule has 2 aromatic carbocycles. The van der Waals surface area contributed by atoms with E-state index >= 15 is 0 Å². The van der Waals surface area contributed by atoms with Gasteiger partial charge in [0.15, 0.2) is 6.61 Å². The van der Waals surface area contributed by atoms with Gasteiger partial charge in [-0.25, -0.2) is 4.79 Å². The van der Waals surface area contributed by atoms with Crippen molar-refractivity contribution in [2.24, 2.45) is 17.8 Å². The van der Waals surface area contributed by atoms with Crippen LogP contribution in [0.5, 0.6) is 5.75 Å². The standard InChI is InChI=1S/C26H28N2O6/c1-3-33-22-10-5-4-9-21(22)27-23(29)15-34-26(32)17-7-6-8-18(14-17)28-24(30)19-12-11-16(2)13-20(19)25(28)31/h4-10,14,16,19-20H,3,11-13,15H2,1-2H3,(H,27,29)/t16-,19-,20+/m1/s1. The van der Waals surface area contributed by atoms with Crippen LogP contribution in [0.4, 0.5) is 11.4 Å². The van der Waals surface area contributed by atoms with Gasteiger partial charge >= 0.3 is 5.97 Å². The fraction of sp³-hybridized carbons (Fsp3) is 0.385. The maximum absolute atomic E-state index is 13.0. The van der Waals surface area contributed by atoms with Crippen molar-refractivity contribution in [3.8, 4) is 5.75 Å². The summed E-state index contributed by atoms with van der Waals surface area (Å²) < 4.78 is 10.6. The number of rotatable bonds is 7. The van der Waals surface area contributed by atoms with Gasteiger partial charge in [-0.05, 0) is 62.4 Å². The zero-order valence-corrected chi connectivity index (χ0v) is 19.3. The van der Waals surface area contributed by atoms with Crippen molar-refractivity contribution in [3.05, 3.63) is 54.1 Å². The second-order valence-corrected chi connectivity index (χ2v) is 8.75. The van der Waals surface area contributed by atoms with Gasteiger partial charge in [0.25, 0.3) is 5.91 Å². The van der Waals surface area contributed by atoms with Gasteiger partial charge in [0.2, 0.25) is 11.8 Å². The Morgan fingerprint density at radius 3 is 2.59 bits per heavy atom. The second kappa shape index (κ2) is 10.1. The molecule has 0 spiro atoms. The lowest BCUT2D eigenvalue weighted by molar-refractivity contribution is -0.122. The molecule has 1 aliphatic heterocycles. The molecule has 0 aromatic heterocycles. The van der Waals surface area contributed by atoms with Gasteiger partial charge in [0, 0.05) is 0 Å². The number of benzene rings is 2. The van der Waals surface area contributed by atoms with Crippen molar-refractivity contribution < 1.29 is 28.7 Å². The SMILES string of the molecule is CCOc1ccccc1NC(=O)COC(=O)c1cccc(N2C(=O)[C@H]3C[C@H](C)CC[C@H]3C2=O)c1. The number of ether oxygens (including phenoxy) is 2. The summed E-state index contributed by atoms with van der Waals surface area (Å²) in [5.74, 6) is -1.31. The summed E-state index contributed by atoms with van der Waals surface area (Å²) in [6, 6.07) is 13.2. The highest BCUT2D eigenvalue weighted by Gasteiger charge is 2.50. The molecule has 1 aliphatic carbocycles. The average Bonchev–Trinajstić information content (AvgIpc) is 3.08. The number of hydrogen-bond acceptors (Lipinski definition) is 6. The zero-order chi connectivity index (χ0) is 24.2. The van der Waals surface area contributed by atoms with E-state index in [1.165, 1.54) is 17.0 Å². The Kier molecular flexibility index (Phi) is 6.95. The predicted molar refractivity (Wildman–Crippen MR) is 125 cm³/mol. The molecule has 1 saturated heterocycles. The Bertz CT molecular complexity index is 1110. The number of fused-ring (bicyclic) bond motifs is 1. The van der Waals surface area contributed by atoms with Crippen molar-refractivity contribution in [1.29, 1.82) is 0 Å². The van der Waals surface area contributed by atoms with Crippen molar-refractivity contribution in [2.45, 2.75) is 33.1 Å². The highest BCUT2D eigenvalue weighted by atomic mass is 16.5. The van der Waals surface area contributed by atoms with Crippen molar-refractivity contribution in [2.75, 3.05) is 23.4 Å². The molecule has 0 radical (unpaired) electrons. The molecule has 4 rings (SSSR count). The Morgan fingerprint density at radius 2 is 1.79 bits per heavy atom. The summed E-state index contributed by atoms with van der Waals surface area (Å²) in [6.07, 6.45) is 2.34. The van der Waals surface area contributed by atoms with Crippen LogP contribution in [-0.2, 0) is 19.1 Å². The molecule has 0 unspecified atom stereocenters. The lowest BCUT2D eigenvalue weighted by Crippen LogP contribution is -2.31. The normalized spacial score (nSPS) is 21.7. The van der Waals surface area contributed by atoms with Gasteiger partial charge in [-0.1, -0.05) is 25.1 Å². The third kappa shape index (κ3) is 4.81. The first-order valence-electron chi connectivity index (χ1n) is 11.6. The molecule has 8 nitrogen and oxygen atoms in total. The van der Waals surface area contributed by atoms with Gasteiger partial charge in [-0.2, -0.15) is 0 Å². The number of carbonyl (C=O) groups is 4. The molecule has 1 N–H and O–H groups in total. The molecule has 178 valence electrons. The smallest absolute Gasteiger partial charge is 0.338 e. The average molecular weight is 465 g/mol. The van der Waals surface area contributed by atoms with E-state index in [9.17, 15) is 19.2 Å². The van der Waals surface area contributed by atoms with E-state index in [1.54, 1.807) is 36.4 Å². The minimum atomic E-state index is -0.722. The number of nitrogens with one attached hydrogen (secondary N) is 1. The first-order chi connectivity index (χ1) is 16.4. The Balaban J connectivity index is 1.40. The monoisotopic (exact) mass is 464 g/mol. The number of amides is 3. The molecule has 1 heterocycles. The Labute approximate surface area is 198 Å². The number of hydrogen-bond donors (Lipinski definition) is 1. The molecule has 8 heteroatoms. The summed E-state index contributed by atoms with van der Waals surface area (Å²) in [5.41, 5.74) is 0.986. The first kappa shape index (κ1) is 23.5. The fourth-order valence-corrected chi connectivity index (χ4v) is 4.67. The molecule has 34 heavy (non-hydrogen) atoms. The molecule has 2 fully saturated rings. The molecule has 2 aliphatic rings. The summed E-state index contributed by atoms with van der Waals surface area (Å²) in [7, 11) is 0. The number of esters is 1. The predicted octanol–water partition coefficient (Wildman–Crippen LogP) is 3.81. The van der Waals surface area contributed by atoms with Gasteiger partial charge in [0.05, 0.1) is 35.4 Å². The molecule has 1 saturated carbocycles. The van der Waals surface area contributed by atoms with Gasteiger partial charge in [0.1, 0.15) is 5.75 Å². The van der Waals surface area contributed by atoms with Crippen molar-refractivity contribution >= 4 is 35.1 Å². The molecular formula is C26H28N2O6. The first-order valence-corrected chi connectivity index (χ1v) is 11.6. The Morgan fingerprint density at radius 1 is 1.03 bits per heavy atom. The topological polar surface area (TPSA) is 102 Å². The molecule has 3 atom stereocenters. The zero-order valence-electron chi connectivity index (χ0n) is 19.3. The summed E-state index contributed by atoms with van der Waals surface area (Å²) >= 11 is 0. The highest BCUT2D eigenvalue weighted by Crippen LogP contribution is 2.42. The van der Waals surface area contributed by atoms with Gasteiger partial charge in [-0.15, -0.1) is 0 Å². The highest BCUT2D eigenvalue weighted by molar-refractivity contribution is 6.22. The number of anilines is 2. The van der Waals surface area contributed by atoms with Crippen LogP contribution in [0.15, 0.2) is 48.5 Å². The van der Waals surface area contributed by atoms with Crippen molar-refractivity contribution in [3.63, 3.8) is 0 Å². The van der Waals surface area contributed by atoms with Gasteiger partial charge < -0.3 is 14.8 Å². The lowest BCUT2D eigenvalue weighted by atomic mass is 9.76. The minimum absolute atomic E-state index is 0.156. The van der Waals surface area contributed by atoms with E-state index < -0.39 is 18.5 Å². The molecule has 0 bridgehead atoms. The van der Waals surface area contributed by atoms with Crippen molar-refractivity contribution in [1.82, 2.24) is 0 Å². The van der Waals surface area contributed by atoms with E-state index in [1.807, 2.05) is 6.92 Å². The van der Waals surface area contributed by atoms with Gasteiger partial charge in [-0.3, -0.25) is 19.3 Å². The van der Waals surface area contributed by atoms with E-state index in [0.29, 0.717) is 42.5 Å². The second-order valence-electron chi connectivity index (χ2n) is 8.75. The van der Waals surface area contributed by atoms with Crippen LogP contribution in [0.2, 0.25) is 0 Å². The largest absolute Gasteiger partial charge is 0.492 e. The molecule has 2 aromatic rings. The maximum atomic E-state index is 13.0. The van der Waals surface area contributed by atoms with E-state index in [4.69, 9.17) is 9.47 Å². The number of carbonyl (C=O) groups excluding carboxylic acids is 4. The minimum Gasteiger partial charge on any atom is -0.492 e. The molecular weight excluding hydrogens is 436 g/mol. The van der Waals surface area contributed by atoms with E-state index in [0.717, 1.165) is 6.42 Å². The number of nitrogens with zero attached hydrogens (tertiary/aromatic N) is 1. The third-order valence-electron chi connectivity index (χ3n) is 6.32. The van der Waals surface area contributed by atoms with Crippen LogP contribution in [0.1, 0.15) is 43.5 Å². The quantitative estimate of drug-likeness (QED) is 0.494. The van der Waals surface area contributed by atoms with Crippen LogP contribution < -0.4 is 15.0 Å². The number of para-hydroxylation sites is 2. The summed E-state index contributed by atoms with van der Waals surface area (Å²) in [6.45, 7) is 3.89. The van der Waals surface area contributed by atoms with Crippen LogP contribution in [-0.4, -0.2) is 36.9 Å². The maximum Gasteiger partial charge on any atom is 0.338 e. The van der Waals surface area contributed by atoms with E-state index in [-0.39, 0.29) is 29.2 Å². The van der Waals surface area contributed by atoms with Crippen LogP contribution in [0.25, 0.3) is 0 Å². The number of imide groups is 1. The molecule has 3 amide bonds. The summed E-state index contributed by atoms with van der Waals surface area (Å²) in [5, 5.41) is 2.66. The Hall–Kier alpha value is -3.68. The van der Waals surface area contributed by atoms with E-state index in [2.05, 4.69) is 12.2 Å². The van der Waals surface area contributed by atoms with Crippen LogP contribution >= 0.6 is 0 Å².